The zero-order valence-corrected chi connectivity index (χ0v) is 17.5. The summed E-state index contributed by atoms with van der Waals surface area (Å²) in [4.78, 5) is 12.5. The van der Waals surface area contributed by atoms with Crippen LogP contribution < -0.4 is 9.46 Å². The number of carbonyl (C=O) groups excluding carboxylic acids is 1. The molecule has 3 saturated carbocycles. The van der Waals surface area contributed by atoms with E-state index >= 15 is 0 Å². The Labute approximate surface area is 175 Å². The van der Waals surface area contributed by atoms with Gasteiger partial charge in [0.25, 0.3) is 5.91 Å². The van der Waals surface area contributed by atoms with Gasteiger partial charge >= 0.3 is 10.2 Å². The summed E-state index contributed by atoms with van der Waals surface area (Å²) in [6.07, 6.45) is 4.73. The first kappa shape index (κ1) is 20.2. The molecule has 0 bridgehead atoms. The van der Waals surface area contributed by atoms with E-state index < -0.39 is 28.1 Å². The number of carbonyl (C=O) groups is 1. The van der Waals surface area contributed by atoms with Gasteiger partial charge in [0, 0.05) is 24.6 Å². The van der Waals surface area contributed by atoms with Crippen LogP contribution in [0.2, 0.25) is 0 Å². The van der Waals surface area contributed by atoms with Gasteiger partial charge in [-0.15, -0.1) is 0 Å². The molecular formula is C21H26F2N2O4S. The number of benzene rings is 1. The minimum absolute atomic E-state index is 0.00122. The van der Waals surface area contributed by atoms with Gasteiger partial charge in [0.1, 0.15) is 17.7 Å². The molecule has 30 heavy (non-hydrogen) atoms. The fraction of sp³-hybridized carbons (Fsp3) is 0.667. The van der Waals surface area contributed by atoms with Gasteiger partial charge < -0.3 is 4.74 Å². The van der Waals surface area contributed by atoms with Crippen molar-refractivity contribution in [3.8, 4) is 5.75 Å². The molecule has 1 aromatic rings. The zero-order valence-electron chi connectivity index (χ0n) is 16.7. The molecule has 1 amide bonds. The number of hydrogen-bond acceptors (Lipinski definition) is 4. The van der Waals surface area contributed by atoms with Crippen molar-refractivity contribution >= 4 is 16.1 Å². The number of rotatable bonds is 7. The van der Waals surface area contributed by atoms with Gasteiger partial charge in [0.05, 0.1) is 12.2 Å². The van der Waals surface area contributed by atoms with E-state index in [-0.39, 0.29) is 16.9 Å². The van der Waals surface area contributed by atoms with Crippen LogP contribution in [0.3, 0.4) is 0 Å². The minimum Gasteiger partial charge on any atom is -0.493 e. The fourth-order valence-corrected chi connectivity index (χ4v) is 5.97. The van der Waals surface area contributed by atoms with Crippen molar-refractivity contribution < 1.29 is 26.7 Å². The molecule has 0 spiro atoms. The molecule has 164 valence electrons. The highest BCUT2D eigenvalue weighted by Crippen LogP contribution is 2.62. The number of ether oxygens (including phenoxy) is 1. The summed E-state index contributed by atoms with van der Waals surface area (Å²) in [5.41, 5.74) is 0.464. The van der Waals surface area contributed by atoms with Crippen LogP contribution in [-0.2, 0) is 10.2 Å². The maximum atomic E-state index is 14.8. The van der Waals surface area contributed by atoms with Gasteiger partial charge in [-0.2, -0.15) is 12.7 Å². The second-order valence-corrected chi connectivity index (χ2v) is 10.9. The number of halogens is 2. The molecule has 0 aromatic heterocycles. The van der Waals surface area contributed by atoms with Crippen molar-refractivity contribution in [1.82, 2.24) is 9.03 Å². The highest BCUT2D eigenvalue weighted by Gasteiger charge is 2.57. The van der Waals surface area contributed by atoms with E-state index in [1.54, 1.807) is 0 Å². The molecule has 1 aliphatic heterocycles. The van der Waals surface area contributed by atoms with Crippen LogP contribution in [0.4, 0.5) is 8.78 Å². The van der Waals surface area contributed by atoms with E-state index in [9.17, 15) is 22.0 Å². The van der Waals surface area contributed by atoms with Crippen LogP contribution in [-0.4, -0.2) is 44.5 Å². The molecule has 1 aromatic carbocycles. The predicted molar refractivity (Wildman–Crippen MR) is 106 cm³/mol. The third kappa shape index (κ3) is 3.70. The highest BCUT2D eigenvalue weighted by atomic mass is 32.2. The molecule has 5 rings (SSSR count). The summed E-state index contributed by atoms with van der Waals surface area (Å²) in [6, 6.07) is 2.64. The quantitative estimate of drug-likeness (QED) is 0.706. The van der Waals surface area contributed by atoms with Crippen LogP contribution in [0.1, 0.15) is 66.8 Å². The Morgan fingerprint density at radius 1 is 1.27 bits per heavy atom. The van der Waals surface area contributed by atoms with Gasteiger partial charge in [-0.25, -0.2) is 13.5 Å². The number of amides is 1. The van der Waals surface area contributed by atoms with Gasteiger partial charge in [0.15, 0.2) is 0 Å². The average Bonchev–Trinajstić information content (AvgIpc) is 3.52. The standard InChI is InChI=1S/C21H26F2N2O4S/c22-15-4-5-21(11-14(21)8-15)12-29-19-10-18(23)17(9-16(19)13-2-3-13)20(26)24-30(27,28)25-6-1-7-25/h9-10,13-15H,1-8,11-12H2,(H,24,26). The van der Waals surface area contributed by atoms with Crippen LogP contribution >= 0.6 is 0 Å². The summed E-state index contributed by atoms with van der Waals surface area (Å²) in [5, 5.41) is 0. The smallest absolute Gasteiger partial charge is 0.304 e. The van der Waals surface area contributed by atoms with Crippen LogP contribution in [0.15, 0.2) is 12.1 Å². The minimum atomic E-state index is -3.94. The van der Waals surface area contributed by atoms with E-state index in [0.29, 0.717) is 44.2 Å². The van der Waals surface area contributed by atoms with Crippen molar-refractivity contribution in [1.29, 1.82) is 0 Å². The van der Waals surface area contributed by atoms with Crippen molar-refractivity contribution in [3.05, 3.63) is 29.1 Å². The van der Waals surface area contributed by atoms with Crippen molar-refractivity contribution in [2.75, 3.05) is 19.7 Å². The first-order chi connectivity index (χ1) is 14.3. The molecule has 3 unspecified atom stereocenters. The zero-order chi connectivity index (χ0) is 21.1. The third-order valence-corrected chi connectivity index (χ3v) is 8.60. The summed E-state index contributed by atoms with van der Waals surface area (Å²) in [5.74, 6) is -0.821. The SMILES string of the molecule is O=C(NS(=O)(=O)N1CCC1)c1cc(C2CC2)c(OCC23CCC(F)CC2C3)cc1F. The molecule has 1 saturated heterocycles. The molecule has 3 atom stereocenters. The number of fused-ring (bicyclic) bond motifs is 1. The van der Waals surface area contributed by atoms with Gasteiger partial charge in [-0.1, -0.05) is 0 Å². The lowest BCUT2D eigenvalue weighted by molar-refractivity contribution is 0.0973. The first-order valence-corrected chi connectivity index (χ1v) is 12.1. The first-order valence-electron chi connectivity index (χ1n) is 10.7. The Morgan fingerprint density at radius 2 is 2.03 bits per heavy atom. The molecule has 9 heteroatoms. The van der Waals surface area contributed by atoms with Crippen molar-refractivity contribution in [2.24, 2.45) is 11.3 Å². The highest BCUT2D eigenvalue weighted by molar-refractivity contribution is 7.87. The molecule has 4 fully saturated rings. The molecule has 6 nitrogen and oxygen atoms in total. The van der Waals surface area contributed by atoms with E-state index in [1.807, 2.05) is 4.72 Å². The van der Waals surface area contributed by atoms with Crippen molar-refractivity contribution in [2.45, 2.75) is 57.0 Å². The molecule has 1 heterocycles. The van der Waals surface area contributed by atoms with E-state index in [2.05, 4.69) is 0 Å². The topological polar surface area (TPSA) is 75.7 Å². The Balaban J connectivity index is 1.33. The Kier molecular flexibility index (Phi) is 4.81. The average molecular weight is 441 g/mol. The monoisotopic (exact) mass is 440 g/mol. The summed E-state index contributed by atoms with van der Waals surface area (Å²) >= 11 is 0. The molecular weight excluding hydrogens is 414 g/mol. The number of hydrogen-bond donors (Lipinski definition) is 1. The lowest BCUT2D eigenvalue weighted by Gasteiger charge is -2.29. The number of nitrogens with zero attached hydrogens (tertiary/aromatic N) is 1. The fourth-order valence-electron chi connectivity index (χ4n) is 4.76. The maximum Gasteiger partial charge on any atom is 0.304 e. The van der Waals surface area contributed by atoms with E-state index in [4.69, 9.17) is 4.74 Å². The van der Waals surface area contributed by atoms with Crippen LogP contribution in [0.25, 0.3) is 0 Å². The van der Waals surface area contributed by atoms with Crippen LogP contribution in [0, 0.1) is 17.2 Å². The second kappa shape index (κ2) is 7.15. The second-order valence-electron chi connectivity index (χ2n) is 9.26. The Morgan fingerprint density at radius 3 is 2.67 bits per heavy atom. The Bertz CT molecular complexity index is 977. The van der Waals surface area contributed by atoms with Crippen molar-refractivity contribution in [3.63, 3.8) is 0 Å². The molecule has 0 radical (unpaired) electrons. The van der Waals surface area contributed by atoms with E-state index in [0.717, 1.165) is 42.0 Å². The number of alkyl halides is 1. The van der Waals surface area contributed by atoms with Crippen LogP contribution in [0.5, 0.6) is 5.75 Å². The van der Waals surface area contributed by atoms with Gasteiger partial charge in [-0.3, -0.25) is 4.79 Å². The molecule has 1 N–H and O–H groups in total. The molecule has 4 aliphatic rings. The molecule has 3 aliphatic carbocycles. The van der Waals surface area contributed by atoms with E-state index in [1.165, 1.54) is 12.1 Å². The Hall–Kier alpha value is -1.74. The normalized spacial score (nSPS) is 30.9. The maximum absolute atomic E-state index is 14.8. The van der Waals surface area contributed by atoms with Gasteiger partial charge in [0.2, 0.25) is 0 Å². The lowest BCUT2D eigenvalue weighted by Crippen LogP contribution is -2.49. The lowest BCUT2D eigenvalue weighted by atomic mass is 9.88. The third-order valence-electron chi connectivity index (χ3n) is 7.11. The van der Waals surface area contributed by atoms with Gasteiger partial charge in [-0.05, 0) is 68.4 Å². The number of nitrogens with one attached hydrogen (secondary N) is 1. The predicted octanol–water partition coefficient (Wildman–Crippen LogP) is 3.29. The summed E-state index contributed by atoms with van der Waals surface area (Å²) in [6.45, 7) is 1.15. The summed E-state index contributed by atoms with van der Waals surface area (Å²) < 4.78 is 61.8. The summed E-state index contributed by atoms with van der Waals surface area (Å²) in [7, 11) is -3.94. The largest absolute Gasteiger partial charge is 0.493 e.